The number of nitrogens with zero attached hydrogens (tertiary/aromatic N) is 1. The minimum absolute atomic E-state index is 0.0131. The smallest absolute Gasteiger partial charge is 0.335 e. The van der Waals surface area contributed by atoms with Crippen molar-refractivity contribution >= 4 is 23.3 Å². The van der Waals surface area contributed by atoms with E-state index in [4.69, 9.17) is 9.84 Å². The zero-order valence-corrected chi connectivity index (χ0v) is 15.5. The van der Waals surface area contributed by atoms with E-state index < -0.39 is 11.6 Å². The predicted octanol–water partition coefficient (Wildman–Crippen LogP) is 3.68. The number of amides is 1. The molecule has 0 atom stereocenters. The number of ketones is 1. The van der Waals surface area contributed by atoms with Crippen molar-refractivity contribution in [3.8, 4) is 5.75 Å². The van der Waals surface area contributed by atoms with Gasteiger partial charge in [-0.2, -0.15) is 0 Å². The van der Waals surface area contributed by atoms with Gasteiger partial charge in [0.1, 0.15) is 5.75 Å². The fourth-order valence-corrected chi connectivity index (χ4v) is 3.04. The second-order valence-electron chi connectivity index (χ2n) is 6.96. The van der Waals surface area contributed by atoms with Crippen molar-refractivity contribution in [2.75, 3.05) is 4.90 Å². The predicted molar refractivity (Wildman–Crippen MR) is 100 cm³/mol. The summed E-state index contributed by atoms with van der Waals surface area (Å²) in [6.07, 6.45) is 0.371. The maximum Gasteiger partial charge on any atom is 0.335 e. The Morgan fingerprint density at radius 3 is 2.30 bits per heavy atom. The second kappa shape index (κ2) is 6.87. The van der Waals surface area contributed by atoms with Crippen molar-refractivity contribution < 1.29 is 24.2 Å². The van der Waals surface area contributed by atoms with Gasteiger partial charge >= 0.3 is 5.97 Å². The topological polar surface area (TPSA) is 83.9 Å². The number of aromatic carboxylic acids is 1. The monoisotopic (exact) mass is 367 g/mol. The summed E-state index contributed by atoms with van der Waals surface area (Å²) in [6, 6.07) is 11.5. The van der Waals surface area contributed by atoms with Gasteiger partial charge in [-0.05, 0) is 49.7 Å². The molecule has 0 spiro atoms. The fraction of sp³-hybridized carbons (Fsp3) is 0.286. The Kier molecular flexibility index (Phi) is 4.74. The van der Waals surface area contributed by atoms with E-state index in [1.807, 2.05) is 0 Å². The van der Waals surface area contributed by atoms with Crippen LogP contribution in [0.3, 0.4) is 0 Å². The Morgan fingerprint density at radius 1 is 1.07 bits per heavy atom. The first-order valence-electron chi connectivity index (χ1n) is 8.73. The van der Waals surface area contributed by atoms with Crippen LogP contribution in [-0.4, -0.2) is 28.4 Å². The van der Waals surface area contributed by atoms with Crippen LogP contribution in [0.4, 0.5) is 5.69 Å². The number of ether oxygens (including phenoxy) is 1. The lowest BCUT2D eigenvalue weighted by Crippen LogP contribution is -2.52. The van der Waals surface area contributed by atoms with Crippen LogP contribution in [0.15, 0.2) is 42.5 Å². The summed E-state index contributed by atoms with van der Waals surface area (Å²) in [5.74, 6) is -0.702. The van der Waals surface area contributed by atoms with Crippen molar-refractivity contribution in [1.82, 2.24) is 0 Å². The lowest BCUT2D eigenvalue weighted by atomic mass is 10.00. The van der Waals surface area contributed by atoms with Gasteiger partial charge in [-0.3, -0.25) is 9.59 Å². The number of rotatable bonds is 5. The average molecular weight is 367 g/mol. The molecule has 1 amide bonds. The highest BCUT2D eigenvalue weighted by atomic mass is 16.5. The van der Waals surface area contributed by atoms with Crippen LogP contribution >= 0.6 is 0 Å². The average Bonchev–Trinajstić information content (AvgIpc) is 2.64. The molecular weight excluding hydrogens is 346 g/mol. The fourth-order valence-electron chi connectivity index (χ4n) is 3.04. The van der Waals surface area contributed by atoms with Gasteiger partial charge < -0.3 is 14.7 Å². The maximum atomic E-state index is 13.0. The summed E-state index contributed by atoms with van der Waals surface area (Å²) >= 11 is 0. The third-order valence-corrected chi connectivity index (χ3v) is 4.56. The van der Waals surface area contributed by atoms with E-state index in [1.165, 1.54) is 12.1 Å². The lowest BCUT2D eigenvalue weighted by molar-refractivity contribution is -0.132. The summed E-state index contributed by atoms with van der Waals surface area (Å²) in [7, 11) is 0. The lowest BCUT2D eigenvalue weighted by Gasteiger charge is -2.39. The number of hydrogen-bond acceptors (Lipinski definition) is 4. The molecule has 0 fully saturated rings. The standard InChI is InChI=1S/C21H21NO5/c1-4-17(23)15-9-10-18-16(11-15)22(20(26)21(2,3)27-18)12-13-5-7-14(8-6-13)19(24)25/h5-11H,4,12H2,1-3H3,(H,24,25). The van der Waals surface area contributed by atoms with Gasteiger partial charge in [-0.25, -0.2) is 4.79 Å². The summed E-state index contributed by atoms with van der Waals surface area (Å²) in [4.78, 5) is 37.6. The Hall–Kier alpha value is -3.15. The molecule has 0 saturated carbocycles. The van der Waals surface area contributed by atoms with E-state index in [2.05, 4.69) is 0 Å². The van der Waals surface area contributed by atoms with E-state index in [-0.39, 0.29) is 23.8 Å². The van der Waals surface area contributed by atoms with Crippen LogP contribution in [0.5, 0.6) is 5.75 Å². The first kappa shape index (κ1) is 18.6. The minimum atomic E-state index is -1.04. The number of carboxylic acids is 1. The van der Waals surface area contributed by atoms with Crippen molar-refractivity contribution in [2.45, 2.75) is 39.3 Å². The molecule has 0 unspecified atom stereocenters. The molecule has 1 aliphatic heterocycles. The number of carbonyl (C=O) groups excluding carboxylic acids is 2. The molecule has 2 aromatic rings. The van der Waals surface area contributed by atoms with Gasteiger partial charge in [0, 0.05) is 12.0 Å². The summed E-state index contributed by atoms with van der Waals surface area (Å²) in [5, 5.41) is 9.03. The van der Waals surface area contributed by atoms with Crippen molar-refractivity contribution in [1.29, 1.82) is 0 Å². The zero-order valence-electron chi connectivity index (χ0n) is 15.5. The summed E-state index contributed by atoms with van der Waals surface area (Å²) in [5.41, 5.74) is 0.997. The van der Waals surface area contributed by atoms with Gasteiger partial charge in [0.2, 0.25) is 0 Å². The molecule has 140 valence electrons. The summed E-state index contributed by atoms with van der Waals surface area (Å²) in [6.45, 7) is 5.43. The van der Waals surface area contributed by atoms with Gasteiger partial charge in [0.05, 0.1) is 17.8 Å². The number of anilines is 1. The minimum Gasteiger partial charge on any atom is -0.478 e. The van der Waals surface area contributed by atoms with Gasteiger partial charge in [0.15, 0.2) is 11.4 Å². The number of benzene rings is 2. The third kappa shape index (κ3) is 3.56. The first-order chi connectivity index (χ1) is 12.7. The molecule has 0 aromatic heterocycles. The number of Topliss-reactive ketones (excluding diaryl/α,β-unsaturated/α-hetero) is 1. The van der Waals surface area contributed by atoms with Gasteiger partial charge in [-0.15, -0.1) is 0 Å². The molecule has 1 N–H and O–H groups in total. The van der Waals surface area contributed by atoms with Crippen molar-refractivity contribution in [2.24, 2.45) is 0 Å². The van der Waals surface area contributed by atoms with E-state index in [1.54, 1.807) is 56.0 Å². The number of hydrogen-bond donors (Lipinski definition) is 1. The number of carboxylic acid groups (broad SMARTS) is 1. The Bertz CT molecular complexity index is 915. The molecule has 0 bridgehead atoms. The summed E-state index contributed by atoms with van der Waals surface area (Å²) < 4.78 is 5.84. The Morgan fingerprint density at radius 2 is 1.70 bits per heavy atom. The van der Waals surface area contributed by atoms with E-state index >= 15 is 0 Å². The van der Waals surface area contributed by atoms with Crippen LogP contribution in [0.25, 0.3) is 0 Å². The van der Waals surface area contributed by atoms with Gasteiger partial charge in [-0.1, -0.05) is 19.1 Å². The molecule has 0 saturated heterocycles. The van der Waals surface area contributed by atoms with Crippen LogP contribution in [0.1, 0.15) is 53.5 Å². The molecule has 0 radical (unpaired) electrons. The van der Waals surface area contributed by atoms with E-state index in [9.17, 15) is 14.4 Å². The van der Waals surface area contributed by atoms with Crippen LogP contribution in [0.2, 0.25) is 0 Å². The third-order valence-electron chi connectivity index (χ3n) is 4.56. The van der Waals surface area contributed by atoms with Crippen molar-refractivity contribution in [3.63, 3.8) is 0 Å². The molecule has 3 rings (SSSR count). The highest BCUT2D eigenvalue weighted by Crippen LogP contribution is 2.39. The van der Waals surface area contributed by atoms with Crippen LogP contribution in [-0.2, 0) is 11.3 Å². The molecule has 27 heavy (non-hydrogen) atoms. The molecule has 0 aliphatic carbocycles. The highest BCUT2D eigenvalue weighted by molar-refractivity contribution is 6.04. The van der Waals surface area contributed by atoms with Crippen LogP contribution < -0.4 is 9.64 Å². The Balaban J connectivity index is 2.01. The molecular formula is C21H21NO5. The normalized spacial score (nSPS) is 15.1. The molecule has 6 heteroatoms. The van der Waals surface area contributed by atoms with E-state index in [0.717, 1.165) is 5.56 Å². The molecule has 2 aromatic carbocycles. The largest absolute Gasteiger partial charge is 0.478 e. The van der Waals surface area contributed by atoms with Crippen molar-refractivity contribution in [3.05, 3.63) is 59.2 Å². The quantitative estimate of drug-likeness (QED) is 0.815. The maximum absolute atomic E-state index is 13.0. The second-order valence-corrected chi connectivity index (χ2v) is 6.96. The van der Waals surface area contributed by atoms with Gasteiger partial charge in [0.25, 0.3) is 5.91 Å². The van der Waals surface area contributed by atoms with Crippen LogP contribution in [0, 0.1) is 0 Å². The molecule has 6 nitrogen and oxygen atoms in total. The molecule has 1 heterocycles. The number of fused-ring (bicyclic) bond motifs is 1. The molecule has 1 aliphatic rings. The Labute approximate surface area is 157 Å². The van der Waals surface area contributed by atoms with E-state index in [0.29, 0.717) is 23.4 Å². The number of carbonyl (C=O) groups is 3. The zero-order chi connectivity index (χ0) is 19.8. The SMILES string of the molecule is CCC(=O)c1ccc2c(c1)N(Cc1ccc(C(=O)O)cc1)C(=O)C(C)(C)O2. The highest BCUT2D eigenvalue weighted by Gasteiger charge is 2.41. The first-order valence-corrected chi connectivity index (χ1v) is 8.73.